The molecule has 0 bridgehead atoms. The fraction of sp³-hybridized carbons (Fsp3) is 0.389. The zero-order valence-corrected chi connectivity index (χ0v) is 16.6. The van der Waals surface area contributed by atoms with Crippen LogP contribution in [0.2, 0.25) is 0 Å². The van der Waals surface area contributed by atoms with Gasteiger partial charge in [-0.3, -0.25) is 14.2 Å². The average Bonchev–Trinajstić information content (AvgIpc) is 2.50. The molecule has 0 amide bonds. The lowest BCUT2D eigenvalue weighted by Crippen LogP contribution is -2.32. The molecule has 0 atom stereocenters. The molecule has 2 aromatic rings. The van der Waals surface area contributed by atoms with Crippen molar-refractivity contribution in [2.45, 2.75) is 32.9 Å². The first-order valence-electron chi connectivity index (χ1n) is 7.83. The van der Waals surface area contributed by atoms with Crippen LogP contribution in [0.25, 0.3) is 11.4 Å². The number of esters is 1. The Balaban J connectivity index is 2.43. The molecule has 2 rings (SSSR count). The number of halogens is 1. The lowest BCUT2D eigenvalue weighted by molar-refractivity contribution is -0.155. The van der Waals surface area contributed by atoms with Crippen molar-refractivity contribution in [2.24, 2.45) is 0 Å². The van der Waals surface area contributed by atoms with Gasteiger partial charge in [-0.25, -0.2) is 4.98 Å². The molecule has 0 fully saturated rings. The number of carbonyl (C=O) groups is 1. The number of ether oxygens (including phenoxy) is 1. The summed E-state index contributed by atoms with van der Waals surface area (Å²) in [6, 6.07) is 7.61. The molecular weight excluding hydrogens is 386 g/mol. The van der Waals surface area contributed by atoms with Crippen LogP contribution in [0.5, 0.6) is 0 Å². The molecule has 6 nitrogen and oxygen atoms in total. The zero-order valence-electron chi connectivity index (χ0n) is 15.0. The van der Waals surface area contributed by atoms with Gasteiger partial charge in [-0.2, -0.15) is 0 Å². The Morgan fingerprint density at radius 1 is 1.24 bits per heavy atom. The van der Waals surface area contributed by atoms with Crippen LogP contribution in [-0.4, -0.2) is 35.2 Å². The van der Waals surface area contributed by atoms with Gasteiger partial charge in [0.15, 0.2) is 0 Å². The summed E-state index contributed by atoms with van der Waals surface area (Å²) in [4.78, 5) is 31.0. The van der Waals surface area contributed by atoms with Crippen molar-refractivity contribution in [3.05, 3.63) is 45.3 Å². The summed E-state index contributed by atoms with van der Waals surface area (Å²) in [5.74, 6) is -0.0648. The molecule has 0 saturated heterocycles. The second-order valence-corrected chi connectivity index (χ2v) is 7.70. The molecule has 0 unspecified atom stereocenters. The predicted octanol–water partition coefficient (Wildman–Crippen LogP) is 3.08. The van der Waals surface area contributed by atoms with Crippen molar-refractivity contribution in [3.63, 3.8) is 0 Å². The van der Waals surface area contributed by atoms with Crippen molar-refractivity contribution in [1.82, 2.24) is 9.55 Å². The lowest BCUT2D eigenvalue weighted by atomic mass is 10.2. The van der Waals surface area contributed by atoms with Gasteiger partial charge < -0.3 is 9.64 Å². The smallest absolute Gasteiger partial charge is 0.326 e. The van der Waals surface area contributed by atoms with E-state index in [1.807, 2.05) is 43.3 Å². The number of nitrogens with zero attached hydrogens (tertiary/aromatic N) is 3. The predicted molar refractivity (Wildman–Crippen MR) is 102 cm³/mol. The van der Waals surface area contributed by atoms with Crippen LogP contribution >= 0.6 is 15.9 Å². The summed E-state index contributed by atoms with van der Waals surface area (Å²) in [5.41, 5.74) is 0.835. The maximum atomic E-state index is 12.5. The molecular formula is C18H22BrN3O3. The molecule has 1 heterocycles. The third-order valence-corrected chi connectivity index (χ3v) is 3.90. The maximum absolute atomic E-state index is 12.5. The van der Waals surface area contributed by atoms with Gasteiger partial charge in [-0.05, 0) is 61.0 Å². The Bertz CT molecular complexity index is 821. The van der Waals surface area contributed by atoms with E-state index >= 15 is 0 Å². The first-order valence-corrected chi connectivity index (χ1v) is 8.63. The third kappa shape index (κ3) is 4.92. The normalized spacial score (nSPS) is 11.3. The molecule has 0 spiro atoms. The van der Waals surface area contributed by atoms with Crippen molar-refractivity contribution in [3.8, 4) is 11.4 Å². The monoisotopic (exact) mass is 407 g/mol. The number of benzene rings is 1. The second-order valence-electron chi connectivity index (χ2n) is 6.85. The van der Waals surface area contributed by atoms with E-state index < -0.39 is 11.6 Å². The molecule has 1 aromatic carbocycles. The Morgan fingerprint density at radius 3 is 2.36 bits per heavy atom. The highest BCUT2D eigenvalue weighted by molar-refractivity contribution is 9.10. The van der Waals surface area contributed by atoms with Gasteiger partial charge >= 0.3 is 5.97 Å². The first-order chi connectivity index (χ1) is 11.6. The minimum absolute atomic E-state index is 0.201. The number of hydrogen-bond donors (Lipinski definition) is 0. The van der Waals surface area contributed by atoms with E-state index in [0.29, 0.717) is 10.3 Å². The van der Waals surface area contributed by atoms with Crippen molar-refractivity contribution < 1.29 is 9.53 Å². The number of aromatic nitrogens is 2. The maximum Gasteiger partial charge on any atom is 0.326 e. The SMILES string of the molecule is CN(C)c1ccc(-c2ncc(Br)c(=O)n2CC(=O)OC(C)(C)C)cc1. The van der Waals surface area contributed by atoms with Gasteiger partial charge in [0, 0.05) is 31.5 Å². The highest BCUT2D eigenvalue weighted by Gasteiger charge is 2.20. The van der Waals surface area contributed by atoms with E-state index in [-0.39, 0.29) is 12.1 Å². The van der Waals surface area contributed by atoms with Crippen LogP contribution in [0.15, 0.2) is 39.7 Å². The molecule has 25 heavy (non-hydrogen) atoms. The summed E-state index contributed by atoms with van der Waals surface area (Å²) >= 11 is 3.18. The largest absolute Gasteiger partial charge is 0.459 e. The summed E-state index contributed by atoms with van der Waals surface area (Å²) in [5, 5.41) is 0. The number of carbonyl (C=O) groups excluding carboxylic acids is 1. The van der Waals surface area contributed by atoms with Crippen LogP contribution in [0.3, 0.4) is 0 Å². The number of rotatable bonds is 4. The molecule has 1 aromatic heterocycles. The summed E-state index contributed by atoms with van der Waals surface area (Å²) < 4.78 is 6.95. The van der Waals surface area contributed by atoms with Gasteiger partial charge in [0.05, 0.1) is 0 Å². The fourth-order valence-corrected chi connectivity index (χ4v) is 2.57. The number of hydrogen-bond acceptors (Lipinski definition) is 5. The van der Waals surface area contributed by atoms with Gasteiger partial charge in [-0.15, -0.1) is 0 Å². The van der Waals surface area contributed by atoms with Crippen LogP contribution in [-0.2, 0) is 16.1 Å². The molecule has 134 valence electrons. The van der Waals surface area contributed by atoms with Crippen molar-refractivity contribution >= 4 is 27.6 Å². The molecule has 7 heteroatoms. The van der Waals surface area contributed by atoms with Crippen LogP contribution in [0.4, 0.5) is 5.69 Å². The van der Waals surface area contributed by atoms with Gasteiger partial charge in [0.2, 0.25) is 0 Å². The topological polar surface area (TPSA) is 64.4 Å². The van der Waals surface area contributed by atoms with Gasteiger partial charge in [0.25, 0.3) is 5.56 Å². The highest BCUT2D eigenvalue weighted by Crippen LogP contribution is 2.21. The van der Waals surface area contributed by atoms with Crippen LogP contribution in [0, 0.1) is 0 Å². The van der Waals surface area contributed by atoms with E-state index in [2.05, 4.69) is 20.9 Å². The Kier molecular flexibility index (Phi) is 5.67. The molecule has 0 radical (unpaired) electrons. The molecule has 0 aliphatic rings. The van der Waals surface area contributed by atoms with Gasteiger partial charge in [0.1, 0.15) is 22.4 Å². The second kappa shape index (κ2) is 7.39. The minimum atomic E-state index is -0.617. The van der Waals surface area contributed by atoms with Crippen LogP contribution in [0.1, 0.15) is 20.8 Å². The van der Waals surface area contributed by atoms with E-state index in [1.165, 1.54) is 10.8 Å². The van der Waals surface area contributed by atoms with Gasteiger partial charge in [-0.1, -0.05) is 0 Å². The summed E-state index contributed by atoms with van der Waals surface area (Å²) in [6.45, 7) is 5.16. The Labute approximate surface area is 155 Å². The standard InChI is InChI=1S/C18H22BrN3O3/c1-18(2,3)25-15(23)11-22-16(20-10-14(19)17(22)24)12-6-8-13(9-7-12)21(4)5/h6-10H,11H2,1-5H3. The lowest BCUT2D eigenvalue weighted by Gasteiger charge is -2.20. The average molecular weight is 408 g/mol. The molecule has 0 aliphatic heterocycles. The van der Waals surface area contributed by atoms with Crippen LogP contribution < -0.4 is 10.5 Å². The van der Waals surface area contributed by atoms with E-state index in [1.54, 1.807) is 20.8 Å². The highest BCUT2D eigenvalue weighted by atomic mass is 79.9. The third-order valence-electron chi connectivity index (χ3n) is 3.35. The minimum Gasteiger partial charge on any atom is -0.459 e. The van der Waals surface area contributed by atoms with Crippen molar-refractivity contribution in [2.75, 3.05) is 19.0 Å². The molecule has 0 aliphatic carbocycles. The zero-order chi connectivity index (χ0) is 18.8. The first kappa shape index (κ1) is 19.2. The summed E-state index contributed by atoms with van der Waals surface area (Å²) in [7, 11) is 3.90. The van der Waals surface area contributed by atoms with E-state index in [9.17, 15) is 9.59 Å². The molecule has 0 saturated carbocycles. The van der Waals surface area contributed by atoms with E-state index in [0.717, 1.165) is 11.3 Å². The van der Waals surface area contributed by atoms with Crippen molar-refractivity contribution in [1.29, 1.82) is 0 Å². The Hall–Kier alpha value is -2.15. The fourth-order valence-electron chi connectivity index (χ4n) is 2.26. The quantitative estimate of drug-likeness (QED) is 0.728. The molecule has 0 N–H and O–H groups in total. The Morgan fingerprint density at radius 2 is 1.84 bits per heavy atom. The summed E-state index contributed by atoms with van der Waals surface area (Å²) in [6.07, 6.45) is 1.45. The number of anilines is 1. The van der Waals surface area contributed by atoms with E-state index in [4.69, 9.17) is 4.74 Å².